The summed E-state index contributed by atoms with van der Waals surface area (Å²) in [7, 11) is 0. The lowest BCUT2D eigenvalue weighted by atomic mass is 10.1. The highest BCUT2D eigenvalue weighted by atomic mass is 32.2. The molecule has 130 valence electrons. The van der Waals surface area contributed by atoms with E-state index in [9.17, 15) is 9.59 Å². The van der Waals surface area contributed by atoms with Gasteiger partial charge >= 0.3 is 0 Å². The van der Waals surface area contributed by atoms with Crippen molar-refractivity contribution < 1.29 is 14.3 Å². The van der Waals surface area contributed by atoms with Gasteiger partial charge in [0.1, 0.15) is 0 Å². The summed E-state index contributed by atoms with van der Waals surface area (Å²) >= 11 is 1.88. The molecular formula is C17H23N3O3S. The fourth-order valence-electron chi connectivity index (χ4n) is 3.07. The van der Waals surface area contributed by atoms with Crippen LogP contribution in [0.1, 0.15) is 12.0 Å². The normalized spacial score (nSPS) is 21.6. The van der Waals surface area contributed by atoms with Crippen molar-refractivity contribution in [1.29, 1.82) is 0 Å². The predicted octanol–water partition coefficient (Wildman–Crippen LogP) is 0.817. The third-order valence-electron chi connectivity index (χ3n) is 4.43. The minimum Gasteiger partial charge on any atom is -0.377 e. The second-order valence-electron chi connectivity index (χ2n) is 6.05. The van der Waals surface area contributed by atoms with Crippen LogP contribution in [0.4, 0.5) is 0 Å². The van der Waals surface area contributed by atoms with Gasteiger partial charge in [0.05, 0.1) is 25.7 Å². The number of aromatic nitrogens is 1. The number of ether oxygens (including phenoxy) is 1. The lowest BCUT2D eigenvalue weighted by Crippen LogP contribution is -2.51. The summed E-state index contributed by atoms with van der Waals surface area (Å²) in [5.74, 6) is 2.18. The fraction of sp³-hybridized carbons (Fsp3) is 0.588. The van der Waals surface area contributed by atoms with Gasteiger partial charge in [0.2, 0.25) is 11.8 Å². The molecule has 2 fully saturated rings. The van der Waals surface area contributed by atoms with E-state index < -0.39 is 0 Å². The van der Waals surface area contributed by atoms with E-state index in [0.717, 1.165) is 30.2 Å². The highest BCUT2D eigenvalue weighted by Gasteiger charge is 2.30. The minimum atomic E-state index is -0.157. The number of nitrogens with zero attached hydrogens (tertiary/aromatic N) is 3. The maximum Gasteiger partial charge on any atom is 0.227 e. The van der Waals surface area contributed by atoms with E-state index >= 15 is 0 Å². The van der Waals surface area contributed by atoms with Crippen LogP contribution in [0.2, 0.25) is 0 Å². The van der Waals surface area contributed by atoms with Crippen molar-refractivity contribution in [3.8, 4) is 0 Å². The molecule has 1 atom stereocenters. The fourth-order valence-corrected chi connectivity index (χ4v) is 3.98. The van der Waals surface area contributed by atoms with Crippen LogP contribution in [-0.2, 0) is 20.7 Å². The van der Waals surface area contributed by atoms with Crippen molar-refractivity contribution in [3.05, 3.63) is 30.1 Å². The second-order valence-corrected chi connectivity index (χ2v) is 7.27. The van der Waals surface area contributed by atoms with E-state index in [-0.39, 0.29) is 17.9 Å². The van der Waals surface area contributed by atoms with Gasteiger partial charge in [-0.15, -0.1) is 0 Å². The van der Waals surface area contributed by atoms with Crippen molar-refractivity contribution in [1.82, 2.24) is 14.8 Å². The summed E-state index contributed by atoms with van der Waals surface area (Å²) in [6.07, 6.45) is 4.08. The molecule has 2 aliphatic rings. The zero-order valence-electron chi connectivity index (χ0n) is 13.7. The number of hydrogen-bond acceptors (Lipinski definition) is 5. The highest BCUT2D eigenvalue weighted by Crippen LogP contribution is 2.16. The third kappa shape index (κ3) is 4.48. The Bertz CT molecular complexity index is 563. The van der Waals surface area contributed by atoms with Gasteiger partial charge in [0.15, 0.2) is 0 Å². The van der Waals surface area contributed by atoms with Crippen LogP contribution in [0, 0.1) is 0 Å². The van der Waals surface area contributed by atoms with E-state index in [1.165, 1.54) is 0 Å². The smallest absolute Gasteiger partial charge is 0.227 e. The van der Waals surface area contributed by atoms with Crippen molar-refractivity contribution >= 4 is 23.6 Å². The number of carbonyl (C=O) groups is 2. The summed E-state index contributed by atoms with van der Waals surface area (Å²) in [6.45, 7) is 3.14. The summed E-state index contributed by atoms with van der Waals surface area (Å²) in [6, 6.07) is 3.54. The van der Waals surface area contributed by atoms with Gasteiger partial charge < -0.3 is 14.5 Å². The van der Waals surface area contributed by atoms with Gasteiger partial charge in [-0.25, -0.2) is 0 Å². The van der Waals surface area contributed by atoms with Crippen LogP contribution in [0.5, 0.6) is 0 Å². The maximum absolute atomic E-state index is 12.7. The summed E-state index contributed by atoms with van der Waals surface area (Å²) in [5.41, 5.74) is 0.944. The van der Waals surface area contributed by atoms with Crippen molar-refractivity contribution in [2.75, 3.05) is 44.4 Å². The Hall–Kier alpha value is -1.60. The number of hydrogen-bond donors (Lipinski definition) is 0. The zero-order valence-corrected chi connectivity index (χ0v) is 14.5. The Balaban J connectivity index is 1.60. The SMILES string of the molecule is O=C(C[C@H]1COCCN1C(=O)Cc1ccncc1)N1CCSCC1. The molecule has 1 aromatic rings. The Morgan fingerprint density at radius 1 is 1.17 bits per heavy atom. The molecule has 0 bridgehead atoms. The Morgan fingerprint density at radius 3 is 2.67 bits per heavy atom. The zero-order chi connectivity index (χ0) is 16.8. The molecule has 24 heavy (non-hydrogen) atoms. The number of morpholine rings is 1. The molecule has 0 N–H and O–H groups in total. The van der Waals surface area contributed by atoms with Crippen LogP contribution in [-0.4, -0.2) is 77.0 Å². The minimum absolute atomic E-state index is 0.0523. The average molecular weight is 349 g/mol. The number of rotatable bonds is 4. The molecule has 0 unspecified atom stereocenters. The molecule has 6 nitrogen and oxygen atoms in total. The molecule has 0 radical (unpaired) electrons. The van der Waals surface area contributed by atoms with Crippen LogP contribution in [0.25, 0.3) is 0 Å². The first kappa shape index (κ1) is 17.2. The average Bonchev–Trinajstić information content (AvgIpc) is 2.63. The van der Waals surface area contributed by atoms with Crippen molar-refractivity contribution in [2.24, 2.45) is 0 Å². The van der Waals surface area contributed by atoms with E-state index in [2.05, 4.69) is 4.98 Å². The molecule has 7 heteroatoms. The monoisotopic (exact) mass is 349 g/mol. The molecule has 1 aromatic heterocycles. The van der Waals surface area contributed by atoms with Gasteiger partial charge in [-0.2, -0.15) is 11.8 Å². The molecule has 0 saturated carbocycles. The molecule has 0 spiro atoms. The summed E-state index contributed by atoms with van der Waals surface area (Å²) in [4.78, 5) is 32.9. The number of thioether (sulfide) groups is 1. The lowest BCUT2D eigenvalue weighted by Gasteiger charge is -2.37. The first-order valence-corrected chi connectivity index (χ1v) is 9.51. The Kier molecular flexibility index (Phi) is 6.09. The van der Waals surface area contributed by atoms with Crippen LogP contribution in [0.15, 0.2) is 24.5 Å². The van der Waals surface area contributed by atoms with Gasteiger partial charge in [-0.1, -0.05) is 0 Å². The number of carbonyl (C=O) groups excluding carboxylic acids is 2. The quantitative estimate of drug-likeness (QED) is 0.805. The summed E-state index contributed by atoms with van der Waals surface area (Å²) < 4.78 is 5.52. The first-order valence-electron chi connectivity index (χ1n) is 8.35. The molecule has 2 amide bonds. The number of pyridine rings is 1. The van der Waals surface area contributed by atoms with Gasteiger partial charge in [-0.3, -0.25) is 14.6 Å². The maximum atomic E-state index is 12.7. The second kappa shape index (κ2) is 8.48. The van der Waals surface area contributed by atoms with Crippen LogP contribution < -0.4 is 0 Å². The predicted molar refractivity (Wildman–Crippen MR) is 92.8 cm³/mol. The largest absolute Gasteiger partial charge is 0.377 e. The first-order chi connectivity index (χ1) is 11.7. The molecule has 2 saturated heterocycles. The Labute approximate surface area is 146 Å². The molecule has 0 aliphatic carbocycles. The van der Waals surface area contributed by atoms with E-state index in [4.69, 9.17) is 4.74 Å². The number of amides is 2. The highest BCUT2D eigenvalue weighted by molar-refractivity contribution is 7.99. The molecular weight excluding hydrogens is 326 g/mol. The van der Waals surface area contributed by atoms with Gasteiger partial charge in [-0.05, 0) is 17.7 Å². The molecule has 3 heterocycles. The van der Waals surface area contributed by atoms with Crippen LogP contribution in [0.3, 0.4) is 0 Å². The van der Waals surface area contributed by atoms with Crippen molar-refractivity contribution in [3.63, 3.8) is 0 Å². The molecule has 2 aliphatic heterocycles. The molecule has 3 rings (SSSR count). The van der Waals surface area contributed by atoms with E-state index in [1.54, 1.807) is 12.4 Å². The summed E-state index contributed by atoms with van der Waals surface area (Å²) in [5, 5.41) is 0. The molecule has 0 aromatic carbocycles. The van der Waals surface area contributed by atoms with Gasteiger partial charge in [0.25, 0.3) is 0 Å². The van der Waals surface area contributed by atoms with Crippen LogP contribution >= 0.6 is 11.8 Å². The third-order valence-corrected chi connectivity index (χ3v) is 5.37. The van der Waals surface area contributed by atoms with Crippen molar-refractivity contribution in [2.45, 2.75) is 18.9 Å². The lowest BCUT2D eigenvalue weighted by molar-refractivity contribution is -0.143. The standard InChI is InChI=1S/C17H23N3O3S/c21-16(19-6-9-24-10-7-19)12-15-13-23-8-5-20(15)17(22)11-14-1-3-18-4-2-14/h1-4,15H,5-13H2/t15-/m0/s1. The topological polar surface area (TPSA) is 62.7 Å². The van der Waals surface area contributed by atoms with E-state index in [1.807, 2.05) is 33.7 Å². The van der Waals surface area contributed by atoms with Gasteiger partial charge in [0, 0.05) is 50.0 Å². The Morgan fingerprint density at radius 2 is 1.92 bits per heavy atom. The van der Waals surface area contributed by atoms with E-state index in [0.29, 0.717) is 32.6 Å².